The molecule has 0 aromatic heterocycles. The maximum absolute atomic E-state index is 5.62. The molecule has 7 heavy (non-hydrogen) atoms. The Bertz CT molecular complexity index is 53.2. The fourth-order valence-electron chi connectivity index (χ4n) is 1.07. The average molecular weight is 98.2 g/mol. The van der Waals surface area contributed by atoms with Gasteiger partial charge in [0.25, 0.3) is 0 Å². The lowest BCUT2D eigenvalue weighted by Gasteiger charge is -2.05. The molecular weight excluding hydrogens is 86.1 g/mol. The first-order valence-electron chi connectivity index (χ1n) is 2.89. The Kier molecular flexibility index (Phi) is 1.33. The molecule has 0 aromatic rings. The van der Waals surface area contributed by atoms with Crippen LogP contribution in [0.15, 0.2) is 0 Å². The molecule has 1 nitrogen and oxygen atoms in total. The molecular formula is C6H12N. The van der Waals surface area contributed by atoms with Crippen LogP contribution < -0.4 is 5.73 Å². The van der Waals surface area contributed by atoms with Crippen LogP contribution >= 0.6 is 0 Å². The highest BCUT2D eigenvalue weighted by atomic mass is 14.7. The SMILES string of the molecule is [CH2]C1CCCC1N. The summed E-state index contributed by atoms with van der Waals surface area (Å²) in [6.07, 6.45) is 3.71. The smallest absolute Gasteiger partial charge is 0.00671 e. The molecule has 0 aromatic carbocycles. The molecule has 2 N–H and O–H groups in total. The molecule has 41 valence electrons. The number of rotatable bonds is 0. The molecule has 0 saturated heterocycles. The standard InChI is InChI=1S/C6H12N/c1-5-3-2-4-6(5)7/h5-6H,1-4,7H2. The molecule has 1 radical (unpaired) electrons. The van der Waals surface area contributed by atoms with Crippen molar-refractivity contribution in [3.8, 4) is 0 Å². The highest BCUT2D eigenvalue weighted by Crippen LogP contribution is 2.21. The molecule has 1 heteroatoms. The lowest BCUT2D eigenvalue weighted by Crippen LogP contribution is -2.21. The predicted molar refractivity (Wildman–Crippen MR) is 30.7 cm³/mol. The van der Waals surface area contributed by atoms with E-state index < -0.39 is 0 Å². The largest absolute Gasteiger partial charge is 0.327 e. The van der Waals surface area contributed by atoms with Crippen LogP contribution in [0.25, 0.3) is 0 Å². The van der Waals surface area contributed by atoms with Gasteiger partial charge in [0.1, 0.15) is 0 Å². The third kappa shape index (κ3) is 0.942. The van der Waals surface area contributed by atoms with Gasteiger partial charge in [0.2, 0.25) is 0 Å². The van der Waals surface area contributed by atoms with Gasteiger partial charge in [0, 0.05) is 6.04 Å². The van der Waals surface area contributed by atoms with Crippen molar-refractivity contribution in [2.24, 2.45) is 11.7 Å². The normalized spacial score (nSPS) is 42.0. The van der Waals surface area contributed by atoms with Crippen molar-refractivity contribution in [2.75, 3.05) is 0 Å². The lowest BCUT2D eigenvalue weighted by atomic mass is 10.1. The van der Waals surface area contributed by atoms with E-state index in [4.69, 9.17) is 5.73 Å². The molecule has 0 bridgehead atoms. The Hall–Kier alpha value is -0.0400. The van der Waals surface area contributed by atoms with Crippen molar-refractivity contribution in [2.45, 2.75) is 25.3 Å². The van der Waals surface area contributed by atoms with Gasteiger partial charge >= 0.3 is 0 Å². The lowest BCUT2D eigenvalue weighted by molar-refractivity contribution is 0.578. The topological polar surface area (TPSA) is 26.0 Å². The van der Waals surface area contributed by atoms with E-state index >= 15 is 0 Å². The van der Waals surface area contributed by atoms with Crippen LogP contribution in [0.2, 0.25) is 0 Å². The molecule has 2 unspecified atom stereocenters. The van der Waals surface area contributed by atoms with Crippen molar-refractivity contribution in [1.82, 2.24) is 0 Å². The molecule has 0 heterocycles. The summed E-state index contributed by atoms with van der Waals surface area (Å²) in [5.74, 6) is 0.542. The van der Waals surface area contributed by atoms with Gasteiger partial charge in [-0.05, 0) is 25.7 Å². The zero-order valence-corrected chi connectivity index (χ0v) is 4.56. The third-order valence-electron chi connectivity index (χ3n) is 1.72. The fraction of sp³-hybridized carbons (Fsp3) is 0.833. The summed E-state index contributed by atoms with van der Waals surface area (Å²) >= 11 is 0. The van der Waals surface area contributed by atoms with Gasteiger partial charge in [0.15, 0.2) is 0 Å². The van der Waals surface area contributed by atoms with Crippen molar-refractivity contribution in [3.63, 3.8) is 0 Å². The summed E-state index contributed by atoms with van der Waals surface area (Å²) < 4.78 is 0. The minimum absolute atomic E-state index is 0.403. The van der Waals surface area contributed by atoms with E-state index in [1.165, 1.54) is 19.3 Å². The number of hydrogen-bond donors (Lipinski definition) is 1. The summed E-state index contributed by atoms with van der Waals surface area (Å²) in [7, 11) is 0. The molecule has 1 aliphatic carbocycles. The molecule has 1 aliphatic rings. The van der Waals surface area contributed by atoms with E-state index in [0.717, 1.165) is 0 Å². The Balaban J connectivity index is 2.33. The molecule has 1 saturated carbocycles. The van der Waals surface area contributed by atoms with Crippen molar-refractivity contribution in [1.29, 1.82) is 0 Å². The summed E-state index contributed by atoms with van der Waals surface area (Å²) in [5, 5.41) is 0. The summed E-state index contributed by atoms with van der Waals surface area (Å²) in [4.78, 5) is 0. The average Bonchev–Trinajstić information content (AvgIpc) is 1.91. The first-order valence-corrected chi connectivity index (χ1v) is 2.89. The Labute approximate surface area is 44.9 Å². The second kappa shape index (κ2) is 1.83. The third-order valence-corrected chi connectivity index (χ3v) is 1.72. The van der Waals surface area contributed by atoms with Crippen LogP contribution in [0.1, 0.15) is 19.3 Å². The maximum Gasteiger partial charge on any atom is 0.00671 e. The zero-order chi connectivity index (χ0) is 5.28. The zero-order valence-electron chi connectivity index (χ0n) is 4.56. The quantitative estimate of drug-likeness (QED) is 0.479. The number of hydrogen-bond acceptors (Lipinski definition) is 1. The molecule has 0 aliphatic heterocycles. The van der Waals surface area contributed by atoms with Gasteiger partial charge in [-0.2, -0.15) is 0 Å². The van der Waals surface area contributed by atoms with Gasteiger partial charge in [-0.25, -0.2) is 0 Å². The van der Waals surface area contributed by atoms with Gasteiger partial charge in [0.05, 0.1) is 0 Å². The van der Waals surface area contributed by atoms with Crippen LogP contribution in [0, 0.1) is 12.8 Å². The Morgan fingerprint density at radius 3 is 2.29 bits per heavy atom. The van der Waals surface area contributed by atoms with Crippen molar-refractivity contribution in [3.05, 3.63) is 6.92 Å². The van der Waals surface area contributed by atoms with Crippen LogP contribution in [-0.4, -0.2) is 6.04 Å². The van der Waals surface area contributed by atoms with E-state index in [0.29, 0.717) is 12.0 Å². The van der Waals surface area contributed by atoms with E-state index in [1.807, 2.05) is 0 Å². The molecule has 0 amide bonds. The van der Waals surface area contributed by atoms with Crippen LogP contribution in [0.4, 0.5) is 0 Å². The maximum atomic E-state index is 5.62. The minimum atomic E-state index is 0.403. The van der Waals surface area contributed by atoms with Crippen molar-refractivity contribution >= 4 is 0 Å². The van der Waals surface area contributed by atoms with E-state index in [1.54, 1.807) is 0 Å². The van der Waals surface area contributed by atoms with E-state index in [-0.39, 0.29) is 0 Å². The van der Waals surface area contributed by atoms with Gasteiger partial charge < -0.3 is 5.73 Å². The molecule has 1 rings (SSSR count). The van der Waals surface area contributed by atoms with E-state index in [9.17, 15) is 0 Å². The highest BCUT2D eigenvalue weighted by Gasteiger charge is 2.18. The van der Waals surface area contributed by atoms with Crippen LogP contribution in [-0.2, 0) is 0 Å². The Morgan fingerprint density at radius 2 is 2.14 bits per heavy atom. The molecule has 0 spiro atoms. The summed E-state index contributed by atoms with van der Waals surface area (Å²) in [5.41, 5.74) is 5.62. The second-order valence-electron chi connectivity index (χ2n) is 2.35. The fourth-order valence-corrected chi connectivity index (χ4v) is 1.07. The minimum Gasteiger partial charge on any atom is -0.327 e. The Morgan fingerprint density at radius 1 is 1.43 bits per heavy atom. The van der Waals surface area contributed by atoms with Gasteiger partial charge in [-0.15, -0.1) is 0 Å². The molecule has 2 atom stereocenters. The highest BCUT2D eigenvalue weighted by molar-refractivity contribution is 4.80. The summed E-state index contributed by atoms with van der Waals surface area (Å²) in [6.45, 7) is 3.89. The van der Waals surface area contributed by atoms with Crippen molar-refractivity contribution < 1.29 is 0 Å². The van der Waals surface area contributed by atoms with E-state index in [2.05, 4.69) is 6.92 Å². The van der Waals surface area contributed by atoms with Crippen LogP contribution in [0.5, 0.6) is 0 Å². The van der Waals surface area contributed by atoms with Crippen LogP contribution in [0.3, 0.4) is 0 Å². The number of nitrogens with two attached hydrogens (primary N) is 1. The van der Waals surface area contributed by atoms with Gasteiger partial charge in [-0.1, -0.05) is 6.42 Å². The molecule has 1 fully saturated rings. The second-order valence-corrected chi connectivity index (χ2v) is 2.35. The monoisotopic (exact) mass is 98.1 g/mol. The first kappa shape index (κ1) is 5.10. The summed E-state index contributed by atoms with van der Waals surface area (Å²) in [6, 6.07) is 0.403. The predicted octanol–water partition coefficient (Wildman–Crippen LogP) is 0.948. The van der Waals surface area contributed by atoms with Gasteiger partial charge in [-0.3, -0.25) is 0 Å². The first-order chi connectivity index (χ1) is 3.30.